The number of epoxide rings is 1. The van der Waals surface area contributed by atoms with Crippen LogP contribution in [0.4, 0.5) is 0 Å². The molecule has 0 saturated carbocycles. The molecule has 1 N–H and O–H groups in total. The molecule has 1 unspecified atom stereocenters. The second kappa shape index (κ2) is 5.65. The van der Waals surface area contributed by atoms with Gasteiger partial charge in [-0.05, 0) is 24.3 Å². The quantitative estimate of drug-likeness (QED) is 0.581. The Morgan fingerprint density at radius 1 is 1.41 bits per heavy atom. The zero-order chi connectivity index (χ0) is 12.1. The summed E-state index contributed by atoms with van der Waals surface area (Å²) < 4.78 is 15.2. The van der Waals surface area contributed by atoms with Crippen molar-refractivity contribution in [2.24, 2.45) is 0 Å². The number of rotatable bonds is 6. The van der Waals surface area contributed by atoms with Crippen molar-refractivity contribution < 1.29 is 24.1 Å². The lowest BCUT2D eigenvalue weighted by Gasteiger charge is -2.05. The third-order valence-corrected chi connectivity index (χ3v) is 2.25. The Balaban J connectivity index is 1.85. The van der Waals surface area contributed by atoms with E-state index in [0.717, 1.165) is 6.61 Å². The Kier molecular flexibility index (Phi) is 3.95. The highest BCUT2D eigenvalue weighted by Crippen LogP contribution is 2.16. The molecule has 5 nitrogen and oxygen atoms in total. The Labute approximate surface area is 98.9 Å². The second-order valence-electron chi connectivity index (χ2n) is 3.65. The van der Waals surface area contributed by atoms with Crippen LogP contribution in [0.25, 0.3) is 0 Å². The Hall–Kier alpha value is -1.59. The fourth-order valence-electron chi connectivity index (χ4n) is 1.26. The van der Waals surface area contributed by atoms with E-state index < -0.39 is 5.97 Å². The number of aliphatic hydroxyl groups is 1. The van der Waals surface area contributed by atoms with Crippen molar-refractivity contribution in [3.05, 3.63) is 29.8 Å². The van der Waals surface area contributed by atoms with Crippen LogP contribution in [0.3, 0.4) is 0 Å². The minimum absolute atomic E-state index is 0.0100. The second-order valence-corrected chi connectivity index (χ2v) is 3.65. The van der Waals surface area contributed by atoms with Crippen LogP contribution >= 0.6 is 0 Å². The first-order valence-corrected chi connectivity index (χ1v) is 5.42. The molecule has 0 aliphatic carbocycles. The molecule has 0 spiro atoms. The molecule has 1 aromatic carbocycles. The summed E-state index contributed by atoms with van der Waals surface area (Å²) in [6.07, 6.45) is 0.212. The molecule has 0 amide bonds. The third-order valence-electron chi connectivity index (χ3n) is 2.25. The first-order valence-electron chi connectivity index (χ1n) is 5.42. The molecular formula is C12H14O5. The highest BCUT2D eigenvalue weighted by molar-refractivity contribution is 5.89. The van der Waals surface area contributed by atoms with E-state index in [1.807, 2.05) is 0 Å². The van der Waals surface area contributed by atoms with Crippen LogP contribution in [0, 0.1) is 0 Å². The number of carbonyl (C=O) groups excluding carboxylic acids is 1. The van der Waals surface area contributed by atoms with Crippen molar-refractivity contribution >= 4 is 5.97 Å². The fraction of sp³-hybridized carbons (Fsp3) is 0.417. The zero-order valence-electron chi connectivity index (χ0n) is 9.30. The van der Waals surface area contributed by atoms with E-state index in [1.54, 1.807) is 24.3 Å². The molecule has 1 aliphatic rings. The van der Waals surface area contributed by atoms with E-state index in [0.29, 0.717) is 17.9 Å². The lowest BCUT2D eigenvalue weighted by atomic mass is 10.2. The van der Waals surface area contributed by atoms with Crippen LogP contribution in [0.2, 0.25) is 0 Å². The predicted molar refractivity (Wildman–Crippen MR) is 59.0 cm³/mol. The summed E-state index contributed by atoms with van der Waals surface area (Å²) in [4.78, 5) is 11.4. The van der Waals surface area contributed by atoms with E-state index in [-0.39, 0.29) is 19.3 Å². The first kappa shape index (κ1) is 11.9. The standard InChI is InChI=1S/C12H14O5/c13-5-6-15-12(14)9-1-3-10(4-2-9)16-7-11-8-17-11/h1-4,11,13H,5-8H2. The number of hydrogen-bond acceptors (Lipinski definition) is 5. The summed E-state index contributed by atoms with van der Waals surface area (Å²) in [5.41, 5.74) is 0.438. The molecule has 1 atom stereocenters. The minimum Gasteiger partial charge on any atom is -0.491 e. The van der Waals surface area contributed by atoms with Crippen LogP contribution in [-0.4, -0.2) is 43.6 Å². The smallest absolute Gasteiger partial charge is 0.338 e. The molecular weight excluding hydrogens is 224 g/mol. The van der Waals surface area contributed by atoms with Crippen LogP contribution < -0.4 is 4.74 Å². The van der Waals surface area contributed by atoms with Gasteiger partial charge in [0.15, 0.2) is 0 Å². The molecule has 0 radical (unpaired) electrons. The van der Waals surface area contributed by atoms with Crippen LogP contribution in [0.5, 0.6) is 5.75 Å². The summed E-state index contributed by atoms with van der Waals surface area (Å²) >= 11 is 0. The number of hydrogen-bond donors (Lipinski definition) is 1. The predicted octanol–water partition coefficient (Wildman–Crippen LogP) is 0.613. The van der Waals surface area contributed by atoms with Crippen LogP contribution in [0.1, 0.15) is 10.4 Å². The van der Waals surface area contributed by atoms with E-state index in [1.165, 1.54) is 0 Å². The largest absolute Gasteiger partial charge is 0.491 e. The Bertz CT molecular complexity index is 369. The van der Waals surface area contributed by atoms with Gasteiger partial charge < -0.3 is 19.3 Å². The van der Waals surface area contributed by atoms with Crippen LogP contribution in [-0.2, 0) is 9.47 Å². The number of ether oxygens (including phenoxy) is 3. The van der Waals surface area contributed by atoms with Gasteiger partial charge in [-0.25, -0.2) is 4.79 Å². The Morgan fingerprint density at radius 3 is 2.71 bits per heavy atom. The summed E-state index contributed by atoms with van der Waals surface area (Å²) in [5.74, 6) is 0.246. The number of benzene rings is 1. The number of carbonyl (C=O) groups is 1. The van der Waals surface area contributed by atoms with E-state index in [4.69, 9.17) is 19.3 Å². The van der Waals surface area contributed by atoms with E-state index in [9.17, 15) is 4.79 Å². The molecule has 2 rings (SSSR count). The molecule has 1 aliphatic heterocycles. The summed E-state index contributed by atoms with van der Waals surface area (Å²) in [6, 6.07) is 6.67. The van der Waals surface area contributed by atoms with E-state index >= 15 is 0 Å². The highest BCUT2D eigenvalue weighted by Gasteiger charge is 2.23. The molecule has 1 aromatic rings. The van der Waals surface area contributed by atoms with Crippen molar-refractivity contribution in [1.29, 1.82) is 0 Å². The minimum atomic E-state index is -0.448. The van der Waals surface area contributed by atoms with Crippen molar-refractivity contribution in [3.8, 4) is 5.75 Å². The van der Waals surface area contributed by atoms with Gasteiger partial charge in [0.1, 0.15) is 25.1 Å². The molecule has 5 heteroatoms. The average molecular weight is 238 g/mol. The molecule has 1 fully saturated rings. The summed E-state index contributed by atoms with van der Waals surface area (Å²) in [6.45, 7) is 1.13. The van der Waals surface area contributed by atoms with Gasteiger partial charge in [0.25, 0.3) is 0 Å². The Morgan fingerprint density at radius 2 is 2.12 bits per heavy atom. The van der Waals surface area contributed by atoms with E-state index in [2.05, 4.69) is 0 Å². The maximum Gasteiger partial charge on any atom is 0.338 e. The van der Waals surface area contributed by atoms with Gasteiger partial charge >= 0.3 is 5.97 Å². The SMILES string of the molecule is O=C(OCCO)c1ccc(OCC2CO2)cc1. The normalized spacial score (nSPS) is 17.6. The number of esters is 1. The average Bonchev–Trinajstić information content (AvgIpc) is 3.18. The lowest BCUT2D eigenvalue weighted by molar-refractivity contribution is 0.0433. The van der Waals surface area contributed by atoms with Gasteiger partial charge in [-0.3, -0.25) is 0 Å². The molecule has 92 valence electrons. The van der Waals surface area contributed by atoms with Gasteiger partial charge in [-0.1, -0.05) is 0 Å². The zero-order valence-corrected chi connectivity index (χ0v) is 9.30. The summed E-state index contributed by atoms with van der Waals surface area (Å²) in [5, 5.41) is 8.52. The van der Waals surface area contributed by atoms with Crippen LogP contribution in [0.15, 0.2) is 24.3 Å². The van der Waals surface area contributed by atoms with Gasteiger partial charge in [0.05, 0.1) is 18.8 Å². The molecule has 17 heavy (non-hydrogen) atoms. The highest BCUT2D eigenvalue weighted by atomic mass is 16.6. The first-order chi connectivity index (χ1) is 8.29. The number of aliphatic hydroxyl groups excluding tert-OH is 1. The molecule has 1 heterocycles. The van der Waals surface area contributed by atoms with Gasteiger partial charge in [-0.15, -0.1) is 0 Å². The lowest BCUT2D eigenvalue weighted by Crippen LogP contribution is -2.09. The van der Waals surface area contributed by atoms with Crippen molar-refractivity contribution in [2.45, 2.75) is 6.10 Å². The molecule has 1 saturated heterocycles. The van der Waals surface area contributed by atoms with Gasteiger partial charge in [0, 0.05) is 0 Å². The molecule has 0 aromatic heterocycles. The maximum absolute atomic E-state index is 11.4. The molecule has 0 bridgehead atoms. The monoisotopic (exact) mass is 238 g/mol. The van der Waals surface area contributed by atoms with Crippen molar-refractivity contribution in [1.82, 2.24) is 0 Å². The van der Waals surface area contributed by atoms with Gasteiger partial charge in [0.2, 0.25) is 0 Å². The topological polar surface area (TPSA) is 68.3 Å². The van der Waals surface area contributed by atoms with Crippen molar-refractivity contribution in [3.63, 3.8) is 0 Å². The van der Waals surface area contributed by atoms with Gasteiger partial charge in [-0.2, -0.15) is 0 Å². The summed E-state index contributed by atoms with van der Waals surface area (Å²) in [7, 11) is 0. The fourth-order valence-corrected chi connectivity index (χ4v) is 1.26. The maximum atomic E-state index is 11.4. The third kappa shape index (κ3) is 3.72. The van der Waals surface area contributed by atoms with Crippen molar-refractivity contribution in [2.75, 3.05) is 26.4 Å².